The fourth-order valence-electron chi connectivity index (χ4n) is 3.60. The van der Waals surface area contributed by atoms with Crippen LogP contribution in [0.1, 0.15) is 79.7 Å². The maximum atomic E-state index is 13.5. The highest BCUT2D eigenvalue weighted by Crippen LogP contribution is 2.56. The molecule has 0 spiro atoms. The number of benzene rings is 1. The van der Waals surface area contributed by atoms with E-state index in [9.17, 15) is 4.57 Å². The smallest absolute Gasteiger partial charge is 0.475 e. The van der Waals surface area contributed by atoms with Gasteiger partial charge in [0.05, 0.1) is 24.4 Å². The molecule has 1 heterocycles. The molecule has 0 saturated heterocycles. The molecule has 36 heavy (non-hydrogen) atoms. The minimum absolute atomic E-state index is 0.0712. The molecule has 1 atom stereocenters. The highest BCUT2D eigenvalue weighted by molar-refractivity contribution is 14.1. The lowest BCUT2D eigenvalue weighted by atomic mass is 9.94. The van der Waals surface area contributed by atoms with E-state index in [1.54, 1.807) is 0 Å². The van der Waals surface area contributed by atoms with Crippen molar-refractivity contribution in [3.8, 4) is 5.75 Å². The van der Waals surface area contributed by atoms with Gasteiger partial charge in [-0.2, -0.15) is 0 Å². The highest BCUT2D eigenvalue weighted by atomic mass is 127. The van der Waals surface area contributed by atoms with Gasteiger partial charge in [-0.25, -0.2) is 9.56 Å². The Hall–Kier alpha value is -0.930. The number of allylic oxidation sites excluding steroid dienone is 1. The van der Waals surface area contributed by atoms with Gasteiger partial charge in [0.1, 0.15) is 17.9 Å². The third-order valence-corrected chi connectivity index (χ3v) is 7.63. The second-order valence-electron chi connectivity index (χ2n) is 11.1. The van der Waals surface area contributed by atoms with Crippen LogP contribution in [-0.2, 0) is 29.3 Å². The lowest BCUT2D eigenvalue weighted by molar-refractivity contribution is -0.00465. The molecule has 9 heteroatoms. The Morgan fingerprint density at radius 1 is 1.08 bits per heavy atom. The summed E-state index contributed by atoms with van der Waals surface area (Å²) < 4.78 is 44.6. The summed E-state index contributed by atoms with van der Waals surface area (Å²) in [6, 6.07) is 8.16. The Morgan fingerprint density at radius 3 is 2.25 bits per heavy atom. The molecule has 2 rings (SSSR count). The molecular weight excluding hydrogens is 592 g/mol. The highest BCUT2D eigenvalue weighted by Gasteiger charge is 2.42. The van der Waals surface area contributed by atoms with Gasteiger partial charge in [0.15, 0.2) is 5.90 Å². The van der Waals surface area contributed by atoms with Gasteiger partial charge in [0.2, 0.25) is 0 Å². The molecule has 1 aromatic rings. The van der Waals surface area contributed by atoms with Crippen LogP contribution in [0.15, 0.2) is 39.4 Å². The van der Waals surface area contributed by atoms with Crippen molar-refractivity contribution in [1.29, 1.82) is 0 Å². The molecule has 1 aliphatic rings. The summed E-state index contributed by atoms with van der Waals surface area (Å²) in [4.78, 5) is 4.73. The fraction of sp³-hybridized carbons (Fsp3) is 0.667. The predicted molar refractivity (Wildman–Crippen MR) is 154 cm³/mol. The van der Waals surface area contributed by atoms with E-state index >= 15 is 0 Å². The number of phosphoric acid groups is 1. The summed E-state index contributed by atoms with van der Waals surface area (Å²) in [7, 11) is -3.84. The second kappa shape index (κ2) is 13.7. The first-order valence-corrected chi connectivity index (χ1v) is 15.3. The number of phosphoric ester groups is 1. The van der Waals surface area contributed by atoms with E-state index in [1.807, 2.05) is 60.6 Å². The zero-order valence-corrected chi connectivity index (χ0v) is 25.9. The Bertz CT molecular complexity index is 900. The molecule has 1 aliphatic heterocycles. The van der Waals surface area contributed by atoms with Crippen LogP contribution in [-0.4, -0.2) is 42.5 Å². The van der Waals surface area contributed by atoms with E-state index in [0.717, 1.165) is 37.0 Å². The van der Waals surface area contributed by atoms with E-state index in [4.69, 9.17) is 28.0 Å². The minimum Gasteiger partial charge on any atom is -0.494 e. The van der Waals surface area contributed by atoms with Crippen molar-refractivity contribution in [1.82, 2.24) is 0 Å². The van der Waals surface area contributed by atoms with Crippen LogP contribution in [0.3, 0.4) is 0 Å². The summed E-state index contributed by atoms with van der Waals surface area (Å²) in [5.74, 6) is 1.47. The number of rotatable bonds is 14. The number of aliphatic imine (C=N–C) groups is 1. The first kappa shape index (κ1) is 31.3. The van der Waals surface area contributed by atoms with Gasteiger partial charge in [-0.15, -0.1) is 0 Å². The lowest BCUT2D eigenvalue weighted by Gasteiger charge is -2.33. The zero-order valence-electron chi connectivity index (χ0n) is 22.8. The quantitative estimate of drug-likeness (QED) is 0.117. The normalized spacial score (nSPS) is 18.9. The number of nitrogens with zero attached hydrogens (tertiary/aromatic N) is 1. The molecule has 0 fully saturated rings. The van der Waals surface area contributed by atoms with Crippen LogP contribution in [0.5, 0.6) is 5.75 Å². The monoisotopic (exact) mass is 635 g/mol. The van der Waals surface area contributed by atoms with Crippen molar-refractivity contribution < 1.29 is 27.6 Å². The van der Waals surface area contributed by atoms with Crippen LogP contribution in [0.4, 0.5) is 0 Å². The Labute approximate surface area is 231 Å². The Balaban J connectivity index is 1.99. The standard InChI is InChI=1S/C27H43INO6P/c1-22-29-27(20-32-22,21-33-36(30,34-25(2,3)4)35-26(5,6)7)17-16-23-12-14-24(15-13-23)31-19-11-9-8-10-18-28/h10,12-15,18H,8-9,11,16-17,19-21H2,1-7H3/b18-10+. The summed E-state index contributed by atoms with van der Waals surface area (Å²) in [5.41, 5.74) is -0.900. The van der Waals surface area contributed by atoms with Gasteiger partial charge in [-0.3, -0.25) is 13.6 Å². The van der Waals surface area contributed by atoms with Gasteiger partial charge >= 0.3 is 7.82 Å². The molecule has 0 bridgehead atoms. The molecule has 0 saturated carbocycles. The van der Waals surface area contributed by atoms with Gasteiger partial charge in [0.25, 0.3) is 0 Å². The Kier molecular flexibility index (Phi) is 11.9. The molecular formula is C27H43INO6P. The van der Waals surface area contributed by atoms with Crippen molar-refractivity contribution in [2.24, 2.45) is 4.99 Å². The molecule has 1 unspecified atom stereocenters. The predicted octanol–water partition coefficient (Wildman–Crippen LogP) is 8.06. The number of hydrogen-bond acceptors (Lipinski definition) is 7. The third kappa shape index (κ3) is 12.1. The van der Waals surface area contributed by atoms with E-state index < -0.39 is 24.6 Å². The van der Waals surface area contributed by atoms with Gasteiger partial charge in [0, 0.05) is 6.92 Å². The minimum atomic E-state index is -3.84. The average Bonchev–Trinajstić information content (AvgIpc) is 3.13. The Morgan fingerprint density at radius 2 is 1.72 bits per heavy atom. The van der Waals surface area contributed by atoms with E-state index in [0.29, 0.717) is 25.5 Å². The third-order valence-electron chi connectivity index (χ3n) is 5.13. The first-order chi connectivity index (χ1) is 16.7. The second-order valence-corrected chi connectivity index (χ2v) is 13.4. The van der Waals surface area contributed by atoms with E-state index in [1.165, 1.54) is 0 Å². The number of halogens is 1. The van der Waals surface area contributed by atoms with Gasteiger partial charge < -0.3 is 9.47 Å². The summed E-state index contributed by atoms with van der Waals surface area (Å²) in [6.45, 7) is 13.9. The summed E-state index contributed by atoms with van der Waals surface area (Å²) in [5, 5.41) is 0. The van der Waals surface area contributed by atoms with Gasteiger partial charge in [-0.05, 0) is 95.4 Å². The van der Waals surface area contributed by atoms with Crippen molar-refractivity contribution in [3.05, 3.63) is 40.0 Å². The van der Waals surface area contributed by atoms with E-state index in [-0.39, 0.29) is 6.61 Å². The zero-order chi connectivity index (χ0) is 26.9. The number of aryl methyl sites for hydroxylation is 1. The van der Waals surface area contributed by atoms with Crippen molar-refractivity contribution in [2.45, 2.75) is 97.3 Å². The maximum Gasteiger partial charge on any atom is 0.475 e. The van der Waals surface area contributed by atoms with Gasteiger partial charge in [-0.1, -0.05) is 40.8 Å². The SMILES string of the molecule is CC1=NC(CCc2ccc(OCCCC/C=C/I)cc2)(COP(=O)(OC(C)(C)C)OC(C)(C)C)CO1. The van der Waals surface area contributed by atoms with E-state index in [2.05, 4.69) is 44.9 Å². The topological polar surface area (TPSA) is 75.6 Å². The fourth-order valence-corrected chi connectivity index (χ4v) is 5.84. The summed E-state index contributed by atoms with van der Waals surface area (Å²) >= 11 is 2.24. The number of hydrogen-bond donors (Lipinski definition) is 0. The lowest BCUT2D eigenvalue weighted by Crippen LogP contribution is -2.36. The molecule has 7 nitrogen and oxygen atoms in total. The molecule has 0 radical (unpaired) electrons. The van der Waals surface area contributed by atoms with Crippen LogP contribution >= 0.6 is 30.4 Å². The number of unbranched alkanes of at least 4 members (excludes halogenated alkanes) is 2. The molecule has 0 aromatic heterocycles. The molecule has 0 N–H and O–H groups in total. The van der Waals surface area contributed by atoms with Crippen LogP contribution in [0.2, 0.25) is 0 Å². The van der Waals surface area contributed by atoms with Crippen LogP contribution < -0.4 is 4.74 Å². The molecule has 1 aromatic carbocycles. The maximum absolute atomic E-state index is 13.5. The molecule has 204 valence electrons. The summed E-state index contributed by atoms with van der Waals surface area (Å²) in [6.07, 6.45) is 6.84. The average molecular weight is 636 g/mol. The largest absolute Gasteiger partial charge is 0.494 e. The number of ether oxygens (including phenoxy) is 2. The van der Waals surface area contributed by atoms with Crippen LogP contribution in [0.25, 0.3) is 0 Å². The van der Waals surface area contributed by atoms with Crippen molar-refractivity contribution >= 4 is 36.3 Å². The van der Waals surface area contributed by atoms with Crippen LogP contribution in [0, 0.1) is 0 Å². The molecule has 0 amide bonds. The van der Waals surface area contributed by atoms with Crippen molar-refractivity contribution in [2.75, 3.05) is 19.8 Å². The first-order valence-electron chi connectivity index (χ1n) is 12.6. The van der Waals surface area contributed by atoms with Crippen molar-refractivity contribution in [3.63, 3.8) is 0 Å². The molecule has 0 aliphatic carbocycles.